The van der Waals surface area contributed by atoms with Crippen LogP contribution in [0.15, 0.2) is 0 Å². The predicted molar refractivity (Wildman–Crippen MR) is 69.5 cm³/mol. The van der Waals surface area contributed by atoms with Gasteiger partial charge in [-0.2, -0.15) is 0 Å². The van der Waals surface area contributed by atoms with Crippen LogP contribution in [0.5, 0.6) is 0 Å². The van der Waals surface area contributed by atoms with Crippen molar-refractivity contribution in [2.24, 2.45) is 5.92 Å². The van der Waals surface area contributed by atoms with Crippen LogP contribution in [0.4, 0.5) is 0 Å². The molecule has 0 aromatic heterocycles. The van der Waals surface area contributed by atoms with Crippen LogP contribution in [-0.4, -0.2) is 62.1 Å². The fourth-order valence-electron chi connectivity index (χ4n) is 1.71. The van der Waals surface area contributed by atoms with E-state index in [9.17, 15) is 4.79 Å². The Morgan fingerprint density at radius 3 is 2.47 bits per heavy atom. The lowest BCUT2D eigenvalue weighted by molar-refractivity contribution is -0.121. The minimum absolute atomic E-state index is 0.0876. The van der Waals surface area contributed by atoms with Crippen LogP contribution in [0.3, 0.4) is 0 Å². The van der Waals surface area contributed by atoms with E-state index in [0.29, 0.717) is 12.5 Å². The third kappa shape index (κ3) is 6.61. The molecule has 0 radical (unpaired) electrons. The SMILES string of the molecule is CC(C)CCNC(=O)CNN1CCN(C)CC1. The van der Waals surface area contributed by atoms with Gasteiger partial charge >= 0.3 is 0 Å². The monoisotopic (exact) mass is 242 g/mol. The predicted octanol–water partition coefficient (Wildman–Crippen LogP) is -0.0993. The number of amides is 1. The van der Waals surface area contributed by atoms with Gasteiger partial charge in [0.2, 0.25) is 5.91 Å². The zero-order valence-corrected chi connectivity index (χ0v) is 11.3. The molecule has 1 fully saturated rings. The highest BCUT2D eigenvalue weighted by Gasteiger charge is 2.13. The Kier molecular flexibility index (Phi) is 6.47. The van der Waals surface area contributed by atoms with Crippen molar-refractivity contribution >= 4 is 5.91 Å². The summed E-state index contributed by atoms with van der Waals surface area (Å²) in [5, 5.41) is 5.05. The number of hydrogen-bond acceptors (Lipinski definition) is 4. The van der Waals surface area contributed by atoms with E-state index in [0.717, 1.165) is 39.1 Å². The van der Waals surface area contributed by atoms with E-state index >= 15 is 0 Å². The fourth-order valence-corrected chi connectivity index (χ4v) is 1.71. The number of rotatable bonds is 6. The van der Waals surface area contributed by atoms with Crippen molar-refractivity contribution in [3.05, 3.63) is 0 Å². The highest BCUT2D eigenvalue weighted by molar-refractivity contribution is 5.77. The normalized spacial score (nSPS) is 18.6. The molecule has 0 aliphatic carbocycles. The standard InChI is InChI=1S/C12H26N4O/c1-11(2)4-5-13-12(17)10-14-16-8-6-15(3)7-9-16/h11,14H,4-10H2,1-3H3,(H,13,17). The van der Waals surface area contributed by atoms with Crippen molar-refractivity contribution < 1.29 is 4.79 Å². The molecule has 1 rings (SSSR count). The second-order valence-electron chi connectivity index (χ2n) is 5.16. The number of carbonyl (C=O) groups excluding carboxylic acids is 1. The molecule has 0 aromatic carbocycles. The molecule has 1 aliphatic heterocycles. The molecule has 1 aliphatic rings. The van der Waals surface area contributed by atoms with E-state index in [1.165, 1.54) is 0 Å². The third-order valence-electron chi connectivity index (χ3n) is 3.01. The molecule has 100 valence electrons. The molecule has 2 N–H and O–H groups in total. The molecule has 5 heteroatoms. The van der Waals surface area contributed by atoms with Gasteiger partial charge in [0.25, 0.3) is 0 Å². The first-order valence-corrected chi connectivity index (χ1v) is 6.51. The maximum absolute atomic E-state index is 11.5. The second kappa shape index (κ2) is 7.63. The van der Waals surface area contributed by atoms with Gasteiger partial charge in [-0.05, 0) is 19.4 Å². The van der Waals surface area contributed by atoms with Gasteiger partial charge in [-0.15, -0.1) is 0 Å². The summed E-state index contributed by atoms with van der Waals surface area (Å²) in [7, 11) is 2.12. The number of piperazine rings is 1. The minimum Gasteiger partial charge on any atom is -0.355 e. The minimum atomic E-state index is 0.0876. The first kappa shape index (κ1) is 14.4. The van der Waals surface area contributed by atoms with Crippen molar-refractivity contribution in [3.63, 3.8) is 0 Å². The summed E-state index contributed by atoms with van der Waals surface area (Å²) in [6.07, 6.45) is 1.04. The van der Waals surface area contributed by atoms with Crippen LogP contribution in [-0.2, 0) is 4.79 Å². The first-order chi connectivity index (χ1) is 8.08. The van der Waals surface area contributed by atoms with Crippen molar-refractivity contribution in [2.45, 2.75) is 20.3 Å². The largest absolute Gasteiger partial charge is 0.355 e. The van der Waals surface area contributed by atoms with Gasteiger partial charge in [-0.25, -0.2) is 10.4 Å². The summed E-state index contributed by atoms with van der Waals surface area (Å²) in [5.74, 6) is 0.727. The van der Waals surface area contributed by atoms with Gasteiger partial charge in [0.15, 0.2) is 0 Å². The molecule has 17 heavy (non-hydrogen) atoms. The summed E-state index contributed by atoms with van der Waals surface area (Å²) < 4.78 is 0. The zero-order chi connectivity index (χ0) is 12.7. The number of carbonyl (C=O) groups is 1. The van der Waals surface area contributed by atoms with Crippen LogP contribution in [0.25, 0.3) is 0 Å². The second-order valence-corrected chi connectivity index (χ2v) is 5.16. The van der Waals surface area contributed by atoms with Crippen LogP contribution < -0.4 is 10.7 Å². The Labute approximate surface area is 104 Å². The summed E-state index contributed by atoms with van der Waals surface area (Å²) in [4.78, 5) is 13.8. The quantitative estimate of drug-likeness (QED) is 0.683. The van der Waals surface area contributed by atoms with E-state index < -0.39 is 0 Å². The van der Waals surface area contributed by atoms with Crippen molar-refractivity contribution in [2.75, 3.05) is 46.3 Å². The molecule has 0 unspecified atom stereocenters. The Hall–Kier alpha value is -0.650. The van der Waals surface area contributed by atoms with Gasteiger partial charge in [0.05, 0.1) is 6.54 Å². The molecule has 0 saturated carbocycles. The summed E-state index contributed by atoms with van der Waals surface area (Å²) in [5.41, 5.74) is 3.17. The number of likely N-dealkylation sites (N-methyl/N-ethyl adjacent to an activating group) is 1. The van der Waals surface area contributed by atoms with Gasteiger partial charge in [-0.3, -0.25) is 4.79 Å². The maximum atomic E-state index is 11.5. The molecule has 0 atom stereocenters. The molecular weight excluding hydrogens is 216 g/mol. The van der Waals surface area contributed by atoms with Gasteiger partial charge in [0, 0.05) is 32.7 Å². The lowest BCUT2D eigenvalue weighted by atomic mass is 10.1. The molecular formula is C12H26N4O. The van der Waals surface area contributed by atoms with Crippen LogP contribution in [0, 0.1) is 5.92 Å². The van der Waals surface area contributed by atoms with Crippen LogP contribution >= 0.6 is 0 Å². The summed E-state index contributed by atoms with van der Waals surface area (Å²) >= 11 is 0. The lowest BCUT2D eigenvalue weighted by Crippen LogP contribution is -2.52. The average molecular weight is 242 g/mol. The number of nitrogens with one attached hydrogen (secondary N) is 2. The number of hydrazine groups is 1. The topological polar surface area (TPSA) is 47.6 Å². The van der Waals surface area contributed by atoms with Crippen molar-refractivity contribution in [1.82, 2.24) is 20.7 Å². The zero-order valence-electron chi connectivity index (χ0n) is 11.3. The molecule has 0 bridgehead atoms. The van der Waals surface area contributed by atoms with Crippen LogP contribution in [0.1, 0.15) is 20.3 Å². The van der Waals surface area contributed by atoms with E-state index in [1.807, 2.05) is 0 Å². The Bertz CT molecular complexity index is 225. The molecule has 1 heterocycles. The first-order valence-electron chi connectivity index (χ1n) is 6.51. The highest BCUT2D eigenvalue weighted by atomic mass is 16.2. The highest BCUT2D eigenvalue weighted by Crippen LogP contribution is 1.96. The fraction of sp³-hybridized carbons (Fsp3) is 0.917. The molecule has 0 spiro atoms. The van der Waals surface area contributed by atoms with Gasteiger partial charge in [-0.1, -0.05) is 13.8 Å². The summed E-state index contributed by atoms with van der Waals surface area (Å²) in [6, 6.07) is 0. The van der Waals surface area contributed by atoms with Crippen LogP contribution in [0.2, 0.25) is 0 Å². The molecule has 5 nitrogen and oxygen atoms in total. The third-order valence-corrected chi connectivity index (χ3v) is 3.01. The van der Waals surface area contributed by atoms with E-state index in [2.05, 4.69) is 41.5 Å². The Morgan fingerprint density at radius 1 is 1.24 bits per heavy atom. The van der Waals surface area contributed by atoms with Crippen molar-refractivity contribution in [1.29, 1.82) is 0 Å². The Morgan fingerprint density at radius 2 is 1.88 bits per heavy atom. The van der Waals surface area contributed by atoms with Crippen molar-refractivity contribution in [3.8, 4) is 0 Å². The van der Waals surface area contributed by atoms with Gasteiger partial charge < -0.3 is 10.2 Å². The smallest absolute Gasteiger partial charge is 0.235 e. The molecule has 1 saturated heterocycles. The van der Waals surface area contributed by atoms with E-state index in [1.54, 1.807) is 0 Å². The van der Waals surface area contributed by atoms with E-state index in [4.69, 9.17) is 0 Å². The number of nitrogens with zero attached hydrogens (tertiary/aromatic N) is 2. The number of hydrogen-bond donors (Lipinski definition) is 2. The molecule has 1 amide bonds. The van der Waals surface area contributed by atoms with E-state index in [-0.39, 0.29) is 5.91 Å². The summed E-state index contributed by atoms with van der Waals surface area (Å²) in [6.45, 7) is 9.57. The Balaban J connectivity index is 2.03. The maximum Gasteiger partial charge on any atom is 0.235 e. The molecule has 0 aromatic rings. The van der Waals surface area contributed by atoms with Gasteiger partial charge in [0.1, 0.15) is 0 Å². The lowest BCUT2D eigenvalue weighted by Gasteiger charge is -2.32. The average Bonchev–Trinajstić information content (AvgIpc) is 2.28.